The zero-order valence-electron chi connectivity index (χ0n) is 21.5. The van der Waals surface area contributed by atoms with E-state index in [9.17, 15) is 4.39 Å². The number of pyridine rings is 2. The quantitative estimate of drug-likeness (QED) is 0.219. The SMILES string of the molecule is CC/C(C)=c1/c(=C/N=C(C)c2ccc(C)nc2Nc2nc(OC)ccc2F)[nH]c2ccc(N)c(C=N)c12. The van der Waals surface area contributed by atoms with Crippen molar-refractivity contribution in [2.75, 3.05) is 18.2 Å². The molecule has 37 heavy (non-hydrogen) atoms. The maximum atomic E-state index is 14.5. The lowest BCUT2D eigenvalue weighted by Crippen LogP contribution is -2.25. The van der Waals surface area contributed by atoms with E-state index in [4.69, 9.17) is 20.9 Å². The van der Waals surface area contributed by atoms with Crippen molar-refractivity contribution in [1.29, 1.82) is 5.41 Å². The van der Waals surface area contributed by atoms with Crippen LogP contribution in [0.3, 0.4) is 0 Å². The van der Waals surface area contributed by atoms with Crippen molar-refractivity contribution in [2.24, 2.45) is 4.99 Å². The molecule has 190 valence electrons. The van der Waals surface area contributed by atoms with Crippen LogP contribution in [0, 0.1) is 18.2 Å². The van der Waals surface area contributed by atoms with E-state index in [1.54, 1.807) is 12.3 Å². The van der Waals surface area contributed by atoms with Gasteiger partial charge in [-0.1, -0.05) is 12.5 Å². The van der Waals surface area contributed by atoms with Gasteiger partial charge in [-0.25, -0.2) is 9.37 Å². The van der Waals surface area contributed by atoms with E-state index >= 15 is 0 Å². The predicted molar refractivity (Wildman–Crippen MR) is 149 cm³/mol. The van der Waals surface area contributed by atoms with E-state index in [2.05, 4.69) is 34.1 Å². The molecule has 5 N–H and O–H groups in total. The van der Waals surface area contributed by atoms with Crippen molar-refractivity contribution < 1.29 is 9.13 Å². The molecule has 4 aromatic rings. The van der Waals surface area contributed by atoms with Crippen LogP contribution in [0.25, 0.3) is 22.7 Å². The van der Waals surface area contributed by atoms with Crippen molar-refractivity contribution >= 4 is 51.9 Å². The number of halogens is 1. The molecular weight excluding hydrogens is 469 g/mol. The fourth-order valence-electron chi connectivity index (χ4n) is 4.14. The maximum Gasteiger partial charge on any atom is 0.215 e. The van der Waals surface area contributed by atoms with Gasteiger partial charge in [0.15, 0.2) is 11.6 Å². The number of anilines is 3. The Morgan fingerprint density at radius 2 is 1.95 bits per heavy atom. The predicted octanol–water partition coefficient (Wildman–Crippen LogP) is 4.57. The normalized spacial score (nSPS) is 13.1. The van der Waals surface area contributed by atoms with Gasteiger partial charge in [0.2, 0.25) is 5.88 Å². The van der Waals surface area contributed by atoms with Crippen LogP contribution in [0.1, 0.15) is 44.0 Å². The molecule has 0 unspecified atom stereocenters. The first-order valence-electron chi connectivity index (χ1n) is 11.9. The summed E-state index contributed by atoms with van der Waals surface area (Å²) in [6, 6.07) is 10.2. The minimum Gasteiger partial charge on any atom is -0.481 e. The van der Waals surface area contributed by atoms with Crippen molar-refractivity contribution in [1.82, 2.24) is 15.0 Å². The molecule has 0 spiro atoms. The number of hydrogen-bond donors (Lipinski definition) is 4. The Bertz CT molecular complexity index is 1650. The highest BCUT2D eigenvalue weighted by molar-refractivity contribution is 6.05. The number of benzene rings is 1. The molecule has 3 heterocycles. The Kier molecular flexibility index (Phi) is 7.33. The number of H-pyrrole nitrogens is 1. The largest absolute Gasteiger partial charge is 0.481 e. The van der Waals surface area contributed by atoms with E-state index in [0.29, 0.717) is 28.3 Å². The molecule has 0 aliphatic rings. The number of nitrogens with zero attached hydrogens (tertiary/aromatic N) is 3. The van der Waals surface area contributed by atoms with Gasteiger partial charge in [0.05, 0.1) is 18.7 Å². The molecule has 0 fully saturated rings. The van der Waals surface area contributed by atoms with Crippen LogP contribution in [-0.4, -0.2) is 34.0 Å². The second-order valence-electron chi connectivity index (χ2n) is 8.68. The molecule has 0 saturated carbocycles. The van der Waals surface area contributed by atoms with Crippen LogP contribution in [-0.2, 0) is 0 Å². The van der Waals surface area contributed by atoms with E-state index in [1.807, 2.05) is 32.0 Å². The second kappa shape index (κ2) is 10.6. The second-order valence-corrected chi connectivity index (χ2v) is 8.68. The molecule has 0 amide bonds. The van der Waals surface area contributed by atoms with Crippen LogP contribution in [0.2, 0.25) is 0 Å². The van der Waals surface area contributed by atoms with Crippen molar-refractivity contribution in [3.05, 3.63) is 69.6 Å². The molecule has 0 aliphatic heterocycles. The van der Waals surface area contributed by atoms with E-state index in [0.717, 1.165) is 39.2 Å². The topological polar surface area (TPSA) is 125 Å². The van der Waals surface area contributed by atoms with Gasteiger partial charge in [-0.15, -0.1) is 0 Å². The first-order chi connectivity index (χ1) is 17.8. The van der Waals surface area contributed by atoms with E-state index in [-0.39, 0.29) is 11.7 Å². The van der Waals surface area contributed by atoms with Crippen molar-refractivity contribution in [3.8, 4) is 5.88 Å². The van der Waals surface area contributed by atoms with Crippen LogP contribution in [0.5, 0.6) is 5.88 Å². The lowest BCUT2D eigenvalue weighted by atomic mass is 10.0. The van der Waals surface area contributed by atoms with Gasteiger partial charge < -0.3 is 26.2 Å². The van der Waals surface area contributed by atoms with Crippen LogP contribution in [0.4, 0.5) is 21.7 Å². The number of fused-ring (bicyclic) bond motifs is 1. The number of ether oxygens (including phenoxy) is 1. The molecule has 0 saturated heterocycles. The van der Waals surface area contributed by atoms with Gasteiger partial charge in [0, 0.05) is 56.6 Å². The summed E-state index contributed by atoms with van der Waals surface area (Å²) in [7, 11) is 1.47. The average molecular weight is 500 g/mol. The Labute approximate surface area is 214 Å². The summed E-state index contributed by atoms with van der Waals surface area (Å²) in [5, 5.41) is 13.6. The van der Waals surface area contributed by atoms with E-state index in [1.165, 1.54) is 25.5 Å². The zero-order valence-corrected chi connectivity index (χ0v) is 21.5. The number of hydrogen-bond acceptors (Lipinski definition) is 7. The summed E-state index contributed by atoms with van der Waals surface area (Å²) in [6.07, 6.45) is 3.89. The van der Waals surface area contributed by atoms with Crippen molar-refractivity contribution in [3.63, 3.8) is 0 Å². The smallest absolute Gasteiger partial charge is 0.215 e. The van der Waals surface area contributed by atoms with Gasteiger partial charge in [0.25, 0.3) is 0 Å². The summed E-state index contributed by atoms with van der Waals surface area (Å²) < 4.78 is 19.6. The van der Waals surface area contributed by atoms with Gasteiger partial charge >= 0.3 is 0 Å². The molecule has 0 bridgehead atoms. The third-order valence-corrected chi connectivity index (χ3v) is 6.25. The Morgan fingerprint density at radius 3 is 2.65 bits per heavy atom. The first kappa shape index (κ1) is 25.6. The first-order valence-corrected chi connectivity index (χ1v) is 11.9. The molecule has 3 aromatic heterocycles. The fraction of sp³-hybridized carbons (Fsp3) is 0.214. The number of nitrogens with two attached hydrogens (primary N) is 1. The maximum absolute atomic E-state index is 14.5. The monoisotopic (exact) mass is 499 g/mol. The number of nitrogens with one attached hydrogen (secondary N) is 3. The third-order valence-electron chi connectivity index (χ3n) is 6.25. The van der Waals surface area contributed by atoms with Crippen LogP contribution >= 0.6 is 0 Å². The highest BCUT2D eigenvalue weighted by Crippen LogP contribution is 2.23. The van der Waals surface area contributed by atoms with Crippen LogP contribution in [0.15, 0.2) is 41.4 Å². The molecule has 8 nitrogen and oxygen atoms in total. The summed E-state index contributed by atoms with van der Waals surface area (Å²) in [6.45, 7) is 7.87. The molecule has 1 aromatic carbocycles. The van der Waals surface area contributed by atoms with Crippen molar-refractivity contribution in [2.45, 2.75) is 34.1 Å². The lowest BCUT2D eigenvalue weighted by molar-refractivity contribution is 0.397. The molecule has 0 radical (unpaired) electrons. The number of aromatic nitrogens is 3. The number of nitrogen functional groups attached to an aromatic ring is 1. The highest BCUT2D eigenvalue weighted by Gasteiger charge is 2.13. The number of aliphatic imine (C=N–C) groups is 1. The molecular formula is C28H30FN7O. The van der Waals surface area contributed by atoms with Gasteiger partial charge in [-0.2, -0.15) is 4.98 Å². The third kappa shape index (κ3) is 5.06. The van der Waals surface area contributed by atoms with Gasteiger partial charge in [-0.05, 0) is 57.5 Å². The Balaban J connectivity index is 1.86. The summed E-state index contributed by atoms with van der Waals surface area (Å²) in [5.41, 5.74) is 11.6. The Morgan fingerprint density at radius 1 is 1.16 bits per heavy atom. The molecule has 4 rings (SSSR count). The minimum absolute atomic E-state index is 0.0123. The van der Waals surface area contributed by atoms with Crippen LogP contribution < -0.4 is 26.4 Å². The minimum atomic E-state index is -0.522. The summed E-state index contributed by atoms with van der Waals surface area (Å²) in [5.74, 6) is 0.209. The zero-order chi connectivity index (χ0) is 26.7. The van der Waals surface area contributed by atoms with E-state index < -0.39 is 5.82 Å². The fourth-order valence-corrected chi connectivity index (χ4v) is 4.14. The molecule has 9 heteroatoms. The number of methoxy groups -OCH3 is 1. The highest BCUT2D eigenvalue weighted by atomic mass is 19.1. The number of aryl methyl sites for hydroxylation is 1. The number of rotatable bonds is 7. The van der Waals surface area contributed by atoms with Gasteiger partial charge in [-0.3, -0.25) is 4.99 Å². The molecule has 0 atom stereocenters. The molecule has 0 aliphatic carbocycles. The standard InChI is InChI=1S/C28H30FN7O/c1-6-15(2)25-23(34-22-11-10-21(31)19(13-30)26(22)25)14-32-17(4)18-8-7-16(3)33-27(18)36-28-20(29)9-12-24(35-28)37-5/h7-14,30,34H,6,31H2,1-5H3,(H,33,35,36)/b23-14-,25-15-,30-13?,32-17?. The Hall–Kier alpha value is -4.53. The number of aromatic amines is 1. The average Bonchev–Trinajstić information content (AvgIpc) is 3.26. The summed E-state index contributed by atoms with van der Waals surface area (Å²) >= 11 is 0. The lowest BCUT2D eigenvalue weighted by Gasteiger charge is -2.12. The summed E-state index contributed by atoms with van der Waals surface area (Å²) in [4.78, 5) is 16.9. The van der Waals surface area contributed by atoms with Gasteiger partial charge in [0.1, 0.15) is 5.82 Å².